The molecule has 0 aliphatic carbocycles. The fourth-order valence-electron chi connectivity index (χ4n) is 2.63. The summed E-state index contributed by atoms with van der Waals surface area (Å²) < 4.78 is 4.25. The summed E-state index contributed by atoms with van der Waals surface area (Å²) in [5.74, 6) is 0.954. The van der Waals surface area contributed by atoms with Gasteiger partial charge in [-0.25, -0.2) is 0 Å². The van der Waals surface area contributed by atoms with Gasteiger partial charge in [-0.2, -0.15) is 9.36 Å². The van der Waals surface area contributed by atoms with Gasteiger partial charge < -0.3 is 4.90 Å². The van der Waals surface area contributed by atoms with Crippen LogP contribution in [0.1, 0.15) is 40.2 Å². The highest BCUT2D eigenvalue weighted by Gasteiger charge is 2.15. The Morgan fingerprint density at radius 2 is 1.88 bits per heavy atom. The fourth-order valence-corrected chi connectivity index (χ4v) is 3.83. The Balaban J connectivity index is 2.18. The Bertz CT molecular complexity index is 686. The lowest BCUT2D eigenvalue weighted by molar-refractivity contribution is 0.608. The minimum absolute atomic E-state index is 0.452. The summed E-state index contributed by atoms with van der Waals surface area (Å²) in [5, 5.41) is 9.94. The SMILES string of the molecule is CCSc1nsc(/N=N/c2ccc(N(C(C)C)C(C)C)cc2C)n1. The number of benzene rings is 1. The number of thioether (sulfide) groups is 1. The van der Waals surface area contributed by atoms with Crippen LogP contribution in [0.4, 0.5) is 16.5 Å². The zero-order valence-electron chi connectivity index (χ0n) is 15.1. The van der Waals surface area contributed by atoms with Crippen molar-refractivity contribution in [2.24, 2.45) is 10.2 Å². The summed E-state index contributed by atoms with van der Waals surface area (Å²) in [6.07, 6.45) is 0. The van der Waals surface area contributed by atoms with Crippen molar-refractivity contribution in [3.63, 3.8) is 0 Å². The molecule has 2 rings (SSSR count). The number of nitrogens with zero attached hydrogens (tertiary/aromatic N) is 5. The molecule has 1 heterocycles. The molecule has 0 amide bonds. The Labute approximate surface area is 152 Å². The predicted molar refractivity (Wildman–Crippen MR) is 104 cm³/mol. The third kappa shape index (κ3) is 4.77. The van der Waals surface area contributed by atoms with E-state index in [1.807, 2.05) is 6.07 Å². The molecule has 24 heavy (non-hydrogen) atoms. The predicted octanol–water partition coefficient (Wildman–Crippen LogP) is 6.00. The number of aromatic nitrogens is 2. The van der Waals surface area contributed by atoms with Crippen LogP contribution >= 0.6 is 23.3 Å². The lowest BCUT2D eigenvalue weighted by Crippen LogP contribution is -2.36. The number of anilines is 1. The van der Waals surface area contributed by atoms with E-state index in [1.165, 1.54) is 17.2 Å². The molecule has 0 saturated carbocycles. The summed E-state index contributed by atoms with van der Waals surface area (Å²) >= 11 is 2.89. The molecule has 130 valence electrons. The van der Waals surface area contributed by atoms with Crippen molar-refractivity contribution in [3.8, 4) is 0 Å². The Kier molecular flexibility index (Phi) is 6.74. The first-order valence-corrected chi connectivity index (χ1v) is 9.95. The van der Waals surface area contributed by atoms with E-state index in [-0.39, 0.29) is 0 Å². The van der Waals surface area contributed by atoms with Crippen LogP contribution in [0.15, 0.2) is 33.6 Å². The molecule has 0 unspecified atom stereocenters. The molecular weight excluding hydrogens is 338 g/mol. The van der Waals surface area contributed by atoms with E-state index in [9.17, 15) is 0 Å². The van der Waals surface area contributed by atoms with Gasteiger partial charge in [-0.3, -0.25) is 0 Å². The fraction of sp³-hybridized carbons (Fsp3) is 0.529. The van der Waals surface area contributed by atoms with Gasteiger partial charge in [0.05, 0.1) is 5.69 Å². The molecule has 0 atom stereocenters. The molecular formula is C17H25N5S2. The Hall–Kier alpha value is -1.47. The molecule has 0 N–H and O–H groups in total. The monoisotopic (exact) mass is 363 g/mol. The average Bonchev–Trinajstić information content (AvgIpc) is 2.94. The molecule has 1 aromatic heterocycles. The lowest BCUT2D eigenvalue weighted by Gasteiger charge is -2.33. The van der Waals surface area contributed by atoms with Crippen LogP contribution in [0.25, 0.3) is 0 Å². The third-order valence-corrected chi connectivity index (χ3v) is 4.95. The van der Waals surface area contributed by atoms with Crippen LogP contribution in [0.5, 0.6) is 0 Å². The molecule has 0 aliphatic rings. The molecule has 7 heteroatoms. The van der Waals surface area contributed by atoms with Crippen molar-refractivity contribution >= 4 is 39.8 Å². The van der Waals surface area contributed by atoms with Crippen LogP contribution in [0, 0.1) is 6.92 Å². The van der Waals surface area contributed by atoms with E-state index in [2.05, 4.69) is 78.2 Å². The molecule has 0 bridgehead atoms. The van der Waals surface area contributed by atoms with E-state index >= 15 is 0 Å². The molecule has 1 aromatic carbocycles. The van der Waals surface area contributed by atoms with Crippen molar-refractivity contribution in [1.29, 1.82) is 0 Å². The Morgan fingerprint density at radius 1 is 1.17 bits per heavy atom. The number of aryl methyl sites for hydroxylation is 1. The zero-order valence-corrected chi connectivity index (χ0v) is 16.8. The van der Waals surface area contributed by atoms with Gasteiger partial charge in [0.25, 0.3) is 0 Å². The zero-order chi connectivity index (χ0) is 17.7. The molecule has 5 nitrogen and oxygen atoms in total. The number of azo groups is 1. The topological polar surface area (TPSA) is 53.7 Å². The van der Waals surface area contributed by atoms with Crippen LogP contribution in [0.2, 0.25) is 0 Å². The second kappa shape index (κ2) is 8.58. The maximum absolute atomic E-state index is 4.34. The average molecular weight is 364 g/mol. The minimum Gasteiger partial charge on any atom is -0.367 e. The molecule has 0 radical (unpaired) electrons. The second-order valence-electron chi connectivity index (χ2n) is 6.06. The summed E-state index contributed by atoms with van der Waals surface area (Å²) in [7, 11) is 0. The second-order valence-corrected chi connectivity index (χ2v) is 8.02. The first kappa shape index (κ1) is 18.9. The highest BCUT2D eigenvalue weighted by atomic mass is 32.2. The largest absolute Gasteiger partial charge is 0.367 e. The summed E-state index contributed by atoms with van der Waals surface area (Å²) in [6.45, 7) is 13.0. The van der Waals surface area contributed by atoms with E-state index in [1.54, 1.807) is 11.8 Å². The third-order valence-electron chi connectivity index (χ3n) is 3.50. The summed E-state index contributed by atoms with van der Waals surface area (Å²) in [6, 6.07) is 7.21. The van der Waals surface area contributed by atoms with E-state index < -0.39 is 0 Å². The summed E-state index contributed by atoms with van der Waals surface area (Å²) in [4.78, 5) is 6.73. The smallest absolute Gasteiger partial charge is 0.250 e. The van der Waals surface area contributed by atoms with Gasteiger partial charge in [0.15, 0.2) is 0 Å². The minimum atomic E-state index is 0.452. The van der Waals surface area contributed by atoms with Gasteiger partial charge >= 0.3 is 0 Å². The Morgan fingerprint density at radius 3 is 2.46 bits per heavy atom. The van der Waals surface area contributed by atoms with Crippen LogP contribution in [-0.2, 0) is 0 Å². The molecule has 0 spiro atoms. The first-order chi connectivity index (χ1) is 11.4. The quantitative estimate of drug-likeness (QED) is 0.447. The number of hydrogen-bond acceptors (Lipinski definition) is 7. The van der Waals surface area contributed by atoms with E-state index in [0.717, 1.165) is 22.2 Å². The van der Waals surface area contributed by atoms with Gasteiger partial charge in [-0.1, -0.05) is 18.7 Å². The maximum Gasteiger partial charge on any atom is 0.250 e. The number of rotatable bonds is 7. The van der Waals surface area contributed by atoms with Crippen molar-refractivity contribution in [3.05, 3.63) is 23.8 Å². The lowest BCUT2D eigenvalue weighted by atomic mass is 10.1. The molecule has 0 saturated heterocycles. The van der Waals surface area contributed by atoms with Gasteiger partial charge in [0.2, 0.25) is 10.3 Å². The van der Waals surface area contributed by atoms with Crippen LogP contribution in [-0.4, -0.2) is 27.2 Å². The first-order valence-electron chi connectivity index (χ1n) is 8.19. The van der Waals surface area contributed by atoms with Crippen LogP contribution in [0.3, 0.4) is 0 Å². The summed E-state index contributed by atoms with van der Waals surface area (Å²) in [5.41, 5.74) is 3.19. The van der Waals surface area contributed by atoms with Gasteiger partial charge in [0, 0.05) is 29.3 Å². The van der Waals surface area contributed by atoms with Gasteiger partial charge in [-0.05, 0) is 64.1 Å². The van der Waals surface area contributed by atoms with Crippen molar-refractivity contribution < 1.29 is 0 Å². The number of hydrogen-bond donors (Lipinski definition) is 0. The highest BCUT2D eigenvalue weighted by molar-refractivity contribution is 7.99. The molecule has 2 aromatic rings. The van der Waals surface area contributed by atoms with Gasteiger partial charge in [0.1, 0.15) is 0 Å². The van der Waals surface area contributed by atoms with Crippen molar-refractivity contribution in [2.75, 3.05) is 10.7 Å². The van der Waals surface area contributed by atoms with E-state index in [4.69, 9.17) is 0 Å². The van der Waals surface area contributed by atoms with Gasteiger partial charge in [-0.15, -0.1) is 10.2 Å². The van der Waals surface area contributed by atoms with Crippen LogP contribution < -0.4 is 4.90 Å². The van der Waals surface area contributed by atoms with Crippen molar-refractivity contribution in [1.82, 2.24) is 9.36 Å². The molecule has 0 aliphatic heterocycles. The molecule has 0 fully saturated rings. The normalized spacial score (nSPS) is 11.8. The highest BCUT2D eigenvalue weighted by Crippen LogP contribution is 2.29. The maximum atomic E-state index is 4.34. The van der Waals surface area contributed by atoms with Crippen molar-refractivity contribution in [2.45, 2.75) is 58.8 Å². The standard InChI is InChI=1S/C17H25N5S2/c1-7-23-17-18-16(24-21-17)20-19-15-9-8-14(10-13(15)6)22(11(2)3)12(4)5/h8-12H,7H2,1-6H3/b20-19+. The van der Waals surface area contributed by atoms with E-state index in [0.29, 0.717) is 17.2 Å².